The predicted molar refractivity (Wildman–Crippen MR) is 72.7 cm³/mol. The second kappa shape index (κ2) is 6.55. The van der Waals surface area contributed by atoms with Crippen molar-refractivity contribution in [3.63, 3.8) is 0 Å². The van der Waals surface area contributed by atoms with Crippen LogP contribution >= 0.6 is 0 Å². The van der Waals surface area contributed by atoms with Crippen molar-refractivity contribution in [1.82, 2.24) is 0 Å². The Morgan fingerprint density at radius 1 is 1.33 bits per heavy atom. The zero-order valence-corrected chi connectivity index (χ0v) is 10.9. The van der Waals surface area contributed by atoms with Gasteiger partial charge in [-0.1, -0.05) is 19.1 Å². The molecule has 0 spiro atoms. The van der Waals surface area contributed by atoms with Crippen molar-refractivity contribution in [3.05, 3.63) is 29.8 Å². The van der Waals surface area contributed by atoms with E-state index in [4.69, 9.17) is 4.74 Å². The minimum absolute atomic E-state index is 0.0474. The maximum Gasteiger partial charge on any atom is 0.226 e. The average molecular weight is 247 g/mol. The molecule has 1 aliphatic heterocycles. The zero-order chi connectivity index (χ0) is 12.8. The fourth-order valence-electron chi connectivity index (χ4n) is 2.21. The Morgan fingerprint density at radius 2 is 2.11 bits per heavy atom. The highest BCUT2D eigenvalue weighted by atomic mass is 16.5. The van der Waals surface area contributed by atoms with Crippen LogP contribution in [0.5, 0.6) is 0 Å². The van der Waals surface area contributed by atoms with Gasteiger partial charge in [0.2, 0.25) is 5.91 Å². The van der Waals surface area contributed by atoms with Gasteiger partial charge in [0.25, 0.3) is 0 Å². The van der Waals surface area contributed by atoms with Crippen LogP contribution in [0.1, 0.15) is 38.2 Å². The summed E-state index contributed by atoms with van der Waals surface area (Å²) in [6.45, 7) is 2.91. The first-order chi connectivity index (χ1) is 8.78. The van der Waals surface area contributed by atoms with Crippen molar-refractivity contribution < 1.29 is 9.53 Å². The topological polar surface area (TPSA) is 38.3 Å². The van der Waals surface area contributed by atoms with Gasteiger partial charge in [0, 0.05) is 12.3 Å². The standard InChI is InChI=1S/C15H21NO2/c1-2-12-6-8-13(9-7-12)16-15(17)11-14-5-3-4-10-18-14/h6-9,14H,2-5,10-11H2,1H3,(H,16,17). The fourth-order valence-corrected chi connectivity index (χ4v) is 2.21. The van der Waals surface area contributed by atoms with E-state index in [0.29, 0.717) is 6.42 Å². The number of hydrogen-bond donors (Lipinski definition) is 1. The van der Waals surface area contributed by atoms with Crippen molar-refractivity contribution in [2.45, 2.75) is 45.1 Å². The van der Waals surface area contributed by atoms with Crippen molar-refractivity contribution in [3.8, 4) is 0 Å². The molecule has 3 nitrogen and oxygen atoms in total. The van der Waals surface area contributed by atoms with E-state index in [9.17, 15) is 4.79 Å². The van der Waals surface area contributed by atoms with Crippen molar-refractivity contribution in [2.75, 3.05) is 11.9 Å². The summed E-state index contributed by atoms with van der Waals surface area (Å²) in [4.78, 5) is 11.8. The Balaban J connectivity index is 1.82. The van der Waals surface area contributed by atoms with Crippen molar-refractivity contribution in [2.24, 2.45) is 0 Å². The molecule has 1 fully saturated rings. The van der Waals surface area contributed by atoms with E-state index in [1.54, 1.807) is 0 Å². The predicted octanol–water partition coefficient (Wildman–Crippen LogP) is 3.15. The lowest BCUT2D eigenvalue weighted by Gasteiger charge is -2.21. The summed E-state index contributed by atoms with van der Waals surface area (Å²) < 4.78 is 5.56. The minimum Gasteiger partial charge on any atom is -0.378 e. The lowest BCUT2D eigenvalue weighted by atomic mass is 10.1. The third-order valence-corrected chi connectivity index (χ3v) is 3.33. The van der Waals surface area contributed by atoms with E-state index in [2.05, 4.69) is 12.2 Å². The number of ether oxygens (including phenoxy) is 1. The number of rotatable bonds is 4. The molecule has 0 radical (unpaired) electrons. The number of anilines is 1. The van der Waals surface area contributed by atoms with E-state index in [1.165, 1.54) is 12.0 Å². The first kappa shape index (κ1) is 13.1. The molecule has 1 aromatic carbocycles. The fraction of sp³-hybridized carbons (Fsp3) is 0.533. The lowest BCUT2D eigenvalue weighted by molar-refractivity contribution is -0.119. The zero-order valence-electron chi connectivity index (χ0n) is 10.9. The van der Waals surface area contributed by atoms with Crippen LogP contribution in [0.2, 0.25) is 0 Å². The van der Waals surface area contributed by atoms with Gasteiger partial charge in [0.15, 0.2) is 0 Å². The summed E-state index contributed by atoms with van der Waals surface area (Å²) in [5.74, 6) is 0.0474. The molecular formula is C15H21NO2. The number of nitrogens with one attached hydrogen (secondary N) is 1. The minimum atomic E-state index is 0.0474. The summed E-state index contributed by atoms with van der Waals surface area (Å²) in [6.07, 6.45) is 4.88. The third-order valence-electron chi connectivity index (χ3n) is 3.33. The summed E-state index contributed by atoms with van der Waals surface area (Å²) in [7, 11) is 0. The van der Waals surface area contributed by atoms with Gasteiger partial charge in [-0.05, 0) is 43.4 Å². The second-order valence-electron chi connectivity index (χ2n) is 4.79. The number of aryl methyl sites for hydroxylation is 1. The Morgan fingerprint density at radius 3 is 2.72 bits per heavy atom. The largest absolute Gasteiger partial charge is 0.378 e. The van der Waals surface area contributed by atoms with Gasteiger partial charge >= 0.3 is 0 Å². The SMILES string of the molecule is CCc1ccc(NC(=O)CC2CCCCO2)cc1. The van der Waals surface area contributed by atoms with E-state index in [-0.39, 0.29) is 12.0 Å². The number of hydrogen-bond acceptors (Lipinski definition) is 2. The first-order valence-corrected chi connectivity index (χ1v) is 6.78. The van der Waals surface area contributed by atoms with E-state index in [1.807, 2.05) is 24.3 Å². The molecule has 18 heavy (non-hydrogen) atoms. The molecule has 3 heteroatoms. The number of amides is 1. The Hall–Kier alpha value is -1.35. The summed E-state index contributed by atoms with van der Waals surface area (Å²) >= 11 is 0. The normalized spacial score (nSPS) is 19.5. The molecule has 1 N–H and O–H groups in total. The monoisotopic (exact) mass is 247 g/mol. The molecule has 0 aromatic heterocycles. The number of carbonyl (C=O) groups excluding carboxylic acids is 1. The molecule has 2 rings (SSSR count). The maximum absolute atomic E-state index is 11.8. The average Bonchev–Trinajstić information content (AvgIpc) is 2.40. The van der Waals surface area contributed by atoms with Gasteiger partial charge in [0.05, 0.1) is 12.5 Å². The van der Waals surface area contributed by atoms with Crippen LogP contribution in [0.4, 0.5) is 5.69 Å². The molecule has 0 aliphatic carbocycles. The Bertz CT molecular complexity index is 380. The third kappa shape index (κ3) is 3.84. The quantitative estimate of drug-likeness (QED) is 0.887. The number of benzene rings is 1. The highest BCUT2D eigenvalue weighted by Crippen LogP contribution is 2.17. The van der Waals surface area contributed by atoms with Gasteiger partial charge in [-0.2, -0.15) is 0 Å². The van der Waals surface area contributed by atoms with Crippen molar-refractivity contribution >= 4 is 11.6 Å². The summed E-state index contributed by atoms with van der Waals surface area (Å²) in [5.41, 5.74) is 2.15. The van der Waals surface area contributed by atoms with Crippen LogP contribution in [0.3, 0.4) is 0 Å². The molecule has 1 aromatic rings. The second-order valence-corrected chi connectivity index (χ2v) is 4.79. The van der Waals surface area contributed by atoms with Gasteiger partial charge < -0.3 is 10.1 Å². The Kier molecular flexibility index (Phi) is 4.76. The van der Waals surface area contributed by atoms with Gasteiger partial charge in [-0.15, -0.1) is 0 Å². The first-order valence-electron chi connectivity index (χ1n) is 6.78. The molecule has 0 saturated carbocycles. The van der Waals surface area contributed by atoms with E-state index >= 15 is 0 Å². The Labute approximate surface area is 109 Å². The summed E-state index contributed by atoms with van der Waals surface area (Å²) in [5, 5.41) is 2.92. The van der Waals surface area contributed by atoms with Crippen LogP contribution < -0.4 is 5.32 Å². The maximum atomic E-state index is 11.8. The van der Waals surface area contributed by atoms with Crippen LogP contribution in [0.25, 0.3) is 0 Å². The molecule has 1 heterocycles. The molecule has 0 bridgehead atoms. The smallest absolute Gasteiger partial charge is 0.226 e. The highest BCUT2D eigenvalue weighted by Gasteiger charge is 2.17. The highest BCUT2D eigenvalue weighted by molar-refractivity contribution is 5.91. The van der Waals surface area contributed by atoms with Gasteiger partial charge in [-0.25, -0.2) is 0 Å². The lowest BCUT2D eigenvalue weighted by Crippen LogP contribution is -2.25. The molecule has 98 valence electrons. The molecule has 1 amide bonds. The molecular weight excluding hydrogens is 226 g/mol. The van der Waals surface area contributed by atoms with Crippen LogP contribution in [0.15, 0.2) is 24.3 Å². The van der Waals surface area contributed by atoms with Crippen LogP contribution in [0, 0.1) is 0 Å². The molecule has 1 unspecified atom stereocenters. The number of carbonyl (C=O) groups is 1. The van der Waals surface area contributed by atoms with Crippen molar-refractivity contribution in [1.29, 1.82) is 0 Å². The van der Waals surface area contributed by atoms with Crippen LogP contribution in [-0.2, 0) is 16.0 Å². The van der Waals surface area contributed by atoms with Gasteiger partial charge in [0.1, 0.15) is 0 Å². The molecule has 1 saturated heterocycles. The van der Waals surface area contributed by atoms with Crippen LogP contribution in [-0.4, -0.2) is 18.6 Å². The molecule has 1 atom stereocenters. The van der Waals surface area contributed by atoms with E-state index < -0.39 is 0 Å². The molecule has 1 aliphatic rings. The van der Waals surface area contributed by atoms with E-state index in [0.717, 1.165) is 31.6 Å². The van der Waals surface area contributed by atoms with Gasteiger partial charge in [-0.3, -0.25) is 4.79 Å². The summed E-state index contributed by atoms with van der Waals surface area (Å²) in [6, 6.07) is 8.01.